The van der Waals surface area contributed by atoms with Gasteiger partial charge in [0.2, 0.25) is 11.7 Å². The Morgan fingerprint density at radius 2 is 1.94 bits per heavy atom. The molecule has 0 amide bonds. The summed E-state index contributed by atoms with van der Waals surface area (Å²) < 4.78 is 46.6. The Balaban J connectivity index is 1.41. The van der Waals surface area contributed by atoms with Gasteiger partial charge in [0.25, 0.3) is 5.56 Å². The van der Waals surface area contributed by atoms with E-state index in [9.17, 15) is 18.0 Å². The van der Waals surface area contributed by atoms with Crippen LogP contribution in [0, 0.1) is 3.95 Å². The fourth-order valence-corrected chi connectivity index (χ4v) is 5.27. The highest BCUT2D eigenvalue weighted by molar-refractivity contribution is 7.98. The van der Waals surface area contributed by atoms with E-state index in [0.717, 1.165) is 35.2 Å². The average Bonchev–Trinajstić information content (AvgIpc) is 3.42. The maximum Gasteiger partial charge on any atom is 0.416 e. The third-order valence-electron chi connectivity index (χ3n) is 4.75. The first-order chi connectivity index (χ1) is 16.7. The largest absolute Gasteiger partial charge is 0.416 e. The molecule has 0 unspecified atom stereocenters. The number of halogens is 4. The van der Waals surface area contributed by atoms with E-state index in [1.165, 1.54) is 12.1 Å². The third kappa shape index (κ3) is 4.89. The van der Waals surface area contributed by atoms with Crippen molar-refractivity contribution in [3.63, 3.8) is 0 Å². The Labute approximate surface area is 212 Å². The molecule has 1 N–H and O–H groups in total. The lowest BCUT2D eigenvalue weighted by atomic mass is 10.1. The maximum atomic E-state index is 13.0. The number of thiazole rings is 1. The predicted octanol–water partition coefficient (Wildman–Crippen LogP) is 6.52. The molecule has 0 saturated heterocycles. The number of nitrogens with one attached hydrogen (secondary N) is 1. The lowest BCUT2D eigenvalue weighted by molar-refractivity contribution is -0.137. The van der Waals surface area contributed by atoms with E-state index in [1.807, 2.05) is 0 Å². The number of aromatic nitrogens is 5. The lowest BCUT2D eigenvalue weighted by Gasteiger charge is -2.06. The number of alkyl halides is 3. The minimum atomic E-state index is -4.48. The zero-order valence-corrected chi connectivity index (χ0v) is 20.4. The van der Waals surface area contributed by atoms with Crippen molar-refractivity contribution in [3.8, 4) is 17.1 Å². The fraction of sp³-hybridized carbons (Fsp3) is 0.0952. The Bertz CT molecular complexity index is 1660. The summed E-state index contributed by atoms with van der Waals surface area (Å²) >= 11 is 13.7. The van der Waals surface area contributed by atoms with Crippen LogP contribution < -0.4 is 5.56 Å². The molecule has 0 saturated carbocycles. The van der Waals surface area contributed by atoms with Crippen LogP contribution >= 0.6 is 46.9 Å². The Morgan fingerprint density at radius 3 is 2.69 bits per heavy atom. The average molecular weight is 554 g/mol. The summed E-state index contributed by atoms with van der Waals surface area (Å²) in [5, 5.41) is 4.62. The zero-order valence-electron chi connectivity index (χ0n) is 17.2. The molecule has 0 aliphatic rings. The van der Waals surface area contributed by atoms with Crippen LogP contribution in [0.4, 0.5) is 13.2 Å². The fourth-order valence-electron chi connectivity index (χ4n) is 3.17. The van der Waals surface area contributed by atoms with E-state index in [1.54, 1.807) is 28.8 Å². The van der Waals surface area contributed by atoms with Crippen molar-refractivity contribution in [1.29, 1.82) is 0 Å². The van der Waals surface area contributed by atoms with Crippen LogP contribution in [-0.4, -0.2) is 24.7 Å². The first-order valence-electron chi connectivity index (χ1n) is 9.74. The van der Waals surface area contributed by atoms with E-state index >= 15 is 0 Å². The van der Waals surface area contributed by atoms with Gasteiger partial charge in [-0.3, -0.25) is 9.36 Å². The highest BCUT2D eigenvalue weighted by Crippen LogP contribution is 2.32. The van der Waals surface area contributed by atoms with Crippen LogP contribution in [0.1, 0.15) is 11.5 Å². The van der Waals surface area contributed by atoms with Crippen molar-refractivity contribution in [3.05, 3.63) is 79.3 Å². The van der Waals surface area contributed by atoms with Gasteiger partial charge in [-0.2, -0.15) is 18.2 Å². The molecule has 0 radical (unpaired) electrons. The molecule has 178 valence electrons. The maximum absolute atomic E-state index is 13.0. The molecule has 3 heterocycles. The molecule has 0 fully saturated rings. The molecule has 5 rings (SSSR count). The summed E-state index contributed by atoms with van der Waals surface area (Å²) in [5.74, 6) is 0.314. The van der Waals surface area contributed by atoms with Crippen LogP contribution in [0.25, 0.3) is 27.4 Å². The zero-order chi connectivity index (χ0) is 24.7. The molecule has 0 atom stereocenters. The van der Waals surface area contributed by atoms with Crippen LogP contribution in [0.5, 0.6) is 0 Å². The number of thioether (sulfide) groups is 1. The van der Waals surface area contributed by atoms with E-state index in [-0.39, 0.29) is 33.7 Å². The number of aromatic amines is 1. The van der Waals surface area contributed by atoms with E-state index < -0.39 is 11.7 Å². The molecule has 3 aromatic heterocycles. The van der Waals surface area contributed by atoms with Crippen molar-refractivity contribution < 1.29 is 17.7 Å². The smallest absolute Gasteiger partial charge is 0.338 e. The molecule has 0 spiro atoms. The Kier molecular flexibility index (Phi) is 6.25. The molecular weight excluding hydrogens is 543 g/mol. The van der Waals surface area contributed by atoms with Crippen LogP contribution in [-0.2, 0) is 11.9 Å². The summed E-state index contributed by atoms with van der Waals surface area (Å²) in [4.78, 5) is 24.0. The molecule has 35 heavy (non-hydrogen) atoms. The summed E-state index contributed by atoms with van der Waals surface area (Å²) in [5.41, 5.74) is 0.118. The Morgan fingerprint density at radius 1 is 1.17 bits per heavy atom. The van der Waals surface area contributed by atoms with Crippen molar-refractivity contribution in [2.75, 3.05) is 0 Å². The summed E-state index contributed by atoms with van der Waals surface area (Å²) in [6, 6.07) is 11.6. The molecule has 0 aliphatic heterocycles. The molecule has 14 heteroatoms. The standard InChI is InChI=1S/C21H11ClF3N5O2S3/c22-12-4-6-13(7-5-12)30-17-15(35-20(30)33)18(31)28-19(27-17)34-9-14-26-16(29-32-14)10-2-1-3-11(8-10)21(23,24)25/h1-8H,9H2,(H,27,28,31). The quantitative estimate of drug-likeness (QED) is 0.150. The van der Waals surface area contributed by atoms with Crippen LogP contribution in [0.3, 0.4) is 0 Å². The van der Waals surface area contributed by atoms with Gasteiger partial charge in [-0.05, 0) is 48.6 Å². The van der Waals surface area contributed by atoms with Gasteiger partial charge >= 0.3 is 6.18 Å². The second-order valence-electron chi connectivity index (χ2n) is 7.08. The predicted molar refractivity (Wildman–Crippen MR) is 130 cm³/mol. The molecule has 0 bridgehead atoms. The first kappa shape index (κ1) is 23.7. The van der Waals surface area contributed by atoms with Crippen molar-refractivity contribution in [2.24, 2.45) is 0 Å². The topological polar surface area (TPSA) is 89.6 Å². The number of H-pyrrole nitrogens is 1. The first-order valence-corrected chi connectivity index (χ1v) is 12.3. The second kappa shape index (κ2) is 9.22. The van der Waals surface area contributed by atoms with E-state index in [2.05, 4.69) is 20.1 Å². The number of fused-ring (bicyclic) bond motifs is 1. The van der Waals surface area contributed by atoms with Crippen molar-refractivity contribution in [1.82, 2.24) is 24.7 Å². The molecule has 5 aromatic rings. The van der Waals surface area contributed by atoms with Gasteiger partial charge in [0.05, 0.1) is 11.3 Å². The monoisotopic (exact) mass is 553 g/mol. The van der Waals surface area contributed by atoms with E-state index in [0.29, 0.717) is 25.0 Å². The molecule has 0 aliphatic carbocycles. The molecule has 2 aromatic carbocycles. The number of benzene rings is 2. The minimum Gasteiger partial charge on any atom is -0.338 e. The van der Waals surface area contributed by atoms with Crippen LogP contribution in [0.2, 0.25) is 5.02 Å². The summed E-state index contributed by atoms with van der Waals surface area (Å²) in [7, 11) is 0. The van der Waals surface area contributed by atoms with Crippen molar-refractivity contribution in [2.45, 2.75) is 17.1 Å². The summed E-state index contributed by atoms with van der Waals surface area (Å²) in [6.45, 7) is 0. The van der Waals surface area contributed by atoms with Gasteiger partial charge in [0.1, 0.15) is 4.70 Å². The number of rotatable bonds is 5. The Hall–Kier alpha value is -3.00. The lowest BCUT2D eigenvalue weighted by Crippen LogP contribution is -2.09. The van der Waals surface area contributed by atoms with Gasteiger partial charge in [0, 0.05) is 16.3 Å². The van der Waals surface area contributed by atoms with Gasteiger partial charge < -0.3 is 9.51 Å². The normalized spacial score (nSPS) is 11.9. The van der Waals surface area contributed by atoms with Gasteiger partial charge in [0.15, 0.2) is 14.8 Å². The second-order valence-corrected chi connectivity index (χ2v) is 10.1. The third-order valence-corrected chi connectivity index (χ3v) is 7.23. The van der Waals surface area contributed by atoms with Crippen molar-refractivity contribution >= 4 is 57.3 Å². The van der Waals surface area contributed by atoms with Crippen LogP contribution in [0.15, 0.2) is 63.0 Å². The van der Waals surface area contributed by atoms with Gasteiger partial charge in [-0.25, -0.2) is 4.98 Å². The minimum absolute atomic E-state index is 0.0257. The SMILES string of the molecule is O=c1[nH]c(SCc2nc(-c3cccc(C(F)(F)F)c3)no2)nc2c1sc(=S)n2-c1ccc(Cl)cc1. The highest BCUT2D eigenvalue weighted by Gasteiger charge is 2.30. The van der Waals surface area contributed by atoms with E-state index in [4.69, 9.17) is 28.3 Å². The molecule has 7 nitrogen and oxygen atoms in total. The molecular formula is C21H11ClF3N5O2S3. The number of hydrogen-bond donors (Lipinski definition) is 1. The number of nitrogens with zero attached hydrogens (tertiary/aromatic N) is 4. The highest BCUT2D eigenvalue weighted by atomic mass is 35.5. The van der Waals surface area contributed by atoms with Gasteiger partial charge in [-0.15, -0.1) is 0 Å². The van der Waals surface area contributed by atoms with Gasteiger partial charge in [-0.1, -0.05) is 52.0 Å². The summed E-state index contributed by atoms with van der Waals surface area (Å²) in [6.07, 6.45) is -4.48. The number of hydrogen-bond acceptors (Lipinski definition) is 8.